The lowest BCUT2D eigenvalue weighted by atomic mass is 10.0. The monoisotopic (exact) mass is 313 g/mol. The van der Waals surface area contributed by atoms with E-state index >= 15 is 0 Å². The molecule has 2 rings (SSSR count). The van der Waals surface area contributed by atoms with Gasteiger partial charge in [0.2, 0.25) is 0 Å². The summed E-state index contributed by atoms with van der Waals surface area (Å²) in [7, 11) is 0. The van der Waals surface area contributed by atoms with Crippen LogP contribution in [-0.2, 0) is 4.79 Å². The molecule has 0 fully saturated rings. The Balaban J connectivity index is 2.37. The van der Waals surface area contributed by atoms with Crippen LogP contribution >= 0.6 is 0 Å². The number of carboxylic acid groups (broad SMARTS) is 1. The molecule has 0 heterocycles. The molecule has 0 aromatic heterocycles. The number of unbranched alkanes of at least 4 members (excludes halogenated alkanes) is 1. The molecule has 0 amide bonds. The molecule has 0 aliphatic heterocycles. The molecule has 0 spiro atoms. The second-order valence-corrected chi connectivity index (χ2v) is 5.25. The van der Waals surface area contributed by atoms with Crippen molar-refractivity contribution in [3.8, 4) is 0 Å². The number of nitrogens with zero attached hydrogens (tertiary/aromatic N) is 1. The molecular weight excluding hydrogens is 293 g/mol. The average Bonchev–Trinajstić information content (AvgIpc) is 2.59. The third-order valence-electron chi connectivity index (χ3n) is 3.53. The fourth-order valence-corrected chi connectivity index (χ4v) is 2.34. The van der Waals surface area contributed by atoms with Crippen molar-refractivity contribution in [2.75, 3.05) is 6.67 Å². The maximum Gasteiger partial charge on any atom is 0.328 e. The maximum atomic E-state index is 12.3. The highest BCUT2D eigenvalue weighted by atomic mass is 19.1. The van der Waals surface area contributed by atoms with E-state index in [9.17, 15) is 14.3 Å². The zero-order valence-electron chi connectivity index (χ0n) is 12.9. The van der Waals surface area contributed by atoms with Crippen molar-refractivity contribution in [1.82, 2.24) is 0 Å². The standard InChI is InChI=1S/C19H20FNO2/c20-14-8-7-13-17(19(22)23)21-18(15-9-3-1-4-10-15)16-11-5-2-6-12-16/h1-6,9-12,17H,7-8,13-14H2,(H,22,23)/t17-/m0/s1. The Hall–Kier alpha value is -2.49. The molecule has 3 nitrogen and oxygen atoms in total. The SMILES string of the molecule is O=C(O)[C@H](CCCCF)N=C(c1ccccc1)c1ccccc1. The van der Waals surface area contributed by atoms with Crippen LogP contribution in [0.15, 0.2) is 65.7 Å². The predicted octanol–water partition coefficient (Wildman–Crippen LogP) is 4.12. The van der Waals surface area contributed by atoms with Crippen molar-refractivity contribution >= 4 is 11.7 Å². The minimum Gasteiger partial charge on any atom is -0.480 e. The third-order valence-corrected chi connectivity index (χ3v) is 3.53. The Morgan fingerprint density at radius 1 is 0.957 bits per heavy atom. The summed E-state index contributed by atoms with van der Waals surface area (Å²) >= 11 is 0. The molecule has 0 bridgehead atoms. The van der Waals surface area contributed by atoms with Gasteiger partial charge in [-0.3, -0.25) is 9.38 Å². The zero-order chi connectivity index (χ0) is 16.5. The van der Waals surface area contributed by atoms with E-state index in [0.717, 1.165) is 11.1 Å². The van der Waals surface area contributed by atoms with E-state index in [2.05, 4.69) is 4.99 Å². The molecule has 2 aromatic carbocycles. The quantitative estimate of drug-likeness (QED) is 0.589. The third kappa shape index (κ3) is 5.02. The number of halogens is 1. The second kappa shape index (κ2) is 8.83. The highest BCUT2D eigenvalue weighted by Crippen LogP contribution is 2.15. The summed E-state index contributed by atoms with van der Waals surface area (Å²) in [6, 6.07) is 18.2. The summed E-state index contributed by atoms with van der Waals surface area (Å²) in [5, 5.41) is 9.41. The first-order valence-electron chi connectivity index (χ1n) is 7.70. The summed E-state index contributed by atoms with van der Waals surface area (Å²) in [6.07, 6.45) is 1.21. The van der Waals surface area contributed by atoms with Crippen LogP contribution in [0.5, 0.6) is 0 Å². The Bertz CT molecular complexity index is 599. The molecule has 1 atom stereocenters. The molecule has 0 unspecified atom stereocenters. The fraction of sp³-hybridized carbons (Fsp3) is 0.263. The summed E-state index contributed by atoms with van der Waals surface area (Å²) in [5.74, 6) is -0.978. The van der Waals surface area contributed by atoms with Gasteiger partial charge in [-0.2, -0.15) is 0 Å². The number of hydrogen-bond donors (Lipinski definition) is 1. The molecule has 23 heavy (non-hydrogen) atoms. The van der Waals surface area contributed by atoms with Gasteiger partial charge >= 0.3 is 5.97 Å². The van der Waals surface area contributed by atoms with Crippen molar-refractivity contribution in [2.45, 2.75) is 25.3 Å². The van der Waals surface area contributed by atoms with Crippen LogP contribution in [0.25, 0.3) is 0 Å². The van der Waals surface area contributed by atoms with Crippen LogP contribution in [0.2, 0.25) is 0 Å². The first-order chi connectivity index (χ1) is 11.2. The average molecular weight is 313 g/mol. The van der Waals surface area contributed by atoms with Gasteiger partial charge in [0, 0.05) is 11.1 Å². The van der Waals surface area contributed by atoms with E-state index in [-0.39, 0.29) is 0 Å². The van der Waals surface area contributed by atoms with Crippen molar-refractivity contribution in [3.63, 3.8) is 0 Å². The lowest BCUT2D eigenvalue weighted by Crippen LogP contribution is -2.21. The molecule has 0 aliphatic carbocycles. The molecule has 1 N–H and O–H groups in total. The minimum atomic E-state index is -0.978. The van der Waals surface area contributed by atoms with E-state index in [0.29, 0.717) is 25.0 Å². The first kappa shape index (κ1) is 16.9. The molecule has 4 heteroatoms. The maximum absolute atomic E-state index is 12.3. The van der Waals surface area contributed by atoms with Gasteiger partial charge in [-0.15, -0.1) is 0 Å². The van der Waals surface area contributed by atoms with Gasteiger partial charge in [-0.1, -0.05) is 60.7 Å². The van der Waals surface area contributed by atoms with Gasteiger partial charge < -0.3 is 5.11 Å². The summed E-state index contributed by atoms with van der Waals surface area (Å²) in [5.41, 5.74) is 2.39. The molecule has 0 radical (unpaired) electrons. The van der Waals surface area contributed by atoms with Gasteiger partial charge in [0.25, 0.3) is 0 Å². The Labute approximate surface area is 135 Å². The van der Waals surface area contributed by atoms with Gasteiger partial charge in [-0.05, 0) is 19.3 Å². The fourth-order valence-electron chi connectivity index (χ4n) is 2.34. The minimum absolute atomic E-state index is 0.336. The molecule has 0 saturated heterocycles. The van der Waals surface area contributed by atoms with Crippen molar-refractivity contribution in [2.24, 2.45) is 4.99 Å². The van der Waals surface area contributed by atoms with Gasteiger partial charge in [0.15, 0.2) is 0 Å². The molecule has 2 aromatic rings. The second-order valence-electron chi connectivity index (χ2n) is 5.25. The number of alkyl halides is 1. The lowest BCUT2D eigenvalue weighted by molar-refractivity contribution is -0.138. The van der Waals surface area contributed by atoms with Crippen LogP contribution in [0, 0.1) is 0 Å². The number of benzene rings is 2. The first-order valence-corrected chi connectivity index (χ1v) is 7.70. The van der Waals surface area contributed by atoms with E-state index in [1.165, 1.54) is 0 Å². The highest BCUT2D eigenvalue weighted by molar-refractivity contribution is 6.13. The highest BCUT2D eigenvalue weighted by Gasteiger charge is 2.18. The Morgan fingerprint density at radius 3 is 1.91 bits per heavy atom. The van der Waals surface area contributed by atoms with E-state index in [4.69, 9.17) is 0 Å². The van der Waals surface area contributed by atoms with Crippen LogP contribution in [0.1, 0.15) is 30.4 Å². The van der Waals surface area contributed by atoms with Gasteiger partial charge in [0.1, 0.15) is 6.04 Å². The Morgan fingerprint density at radius 2 is 1.48 bits per heavy atom. The van der Waals surface area contributed by atoms with Crippen LogP contribution in [-0.4, -0.2) is 29.5 Å². The van der Waals surface area contributed by atoms with Crippen LogP contribution in [0.4, 0.5) is 4.39 Å². The molecule has 0 saturated carbocycles. The van der Waals surface area contributed by atoms with E-state index in [1.807, 2.05) is 60.7 Å². The number of aliphatic imine (C=N–C) groups is 1. The van der Waals surface area contributed by atoms with Crippen molar-refractivity contribution < 1.29 is 14.3 Å². The lowest BCUT2D eigenvalue weighted by Gasteiger charge is -2.12. The molecule has 120 valence electrons. The number of carbonyl (C=O) groups is 1. The summed E-state index contributed by atoms with van der Waals surface area (Å²) in [6.45, 7) is -0.430. The van der Waals surface area contributed by atoms with Crippen molar-refractivity contribution in [1.29, 1.82) is 0 Å². The smallest absolute Gasteiger partial charge is 0.328 e. The van der Waals surface area contributed by atoms with Crippen LogP contribution < -0.4 is 0 Å². The number of aliphatic carboxylic acids is 1. The summed E-state index contributed by atoms with van der Waals surface area (Å²) in [4.78, 5) is 16.0. The number of rotatable bonds is 8. The largest absolute Gasteiger partial charge is 0.480 e. The van der Waals surface area contributed by atoms with Gasteiger partial charge in [-0.25, -0.2) is 4.79 Å². The van der Waals surface area contributed by atoms with E-state index < -0.39 is 18.7 Å². The topological polar surface area (TPSA) is 49.7 Å². The zero-order valence-corrected chi connectivity index (χ0v) is 12.9. The Kier molecular flexibility index (Phi) is 6.48. The number of carboxylic acids is 1. The normalized spacial score (nSPS) is 11.7. The summed E-state index contributed by atoms with van der Waals surface area (Å²) < 4.78 is 12.3. The van der Waals surface area contributed by atoms with E-state index in [1.54, 1.807) is 0 Å². The van der Waals surface area contributed by atoms with Crippen molar-refractivity contribution in [3.05, 3.63) is 71.8 Å². The number of hydrogen-bond acceptors (Lipinski definition) is 2. The van der Waals surface area contributed by atoms with Crippen LogP contribution in [0.3, 0.4) is 0 Å². The molecule has 0 aliphatic rings. The predicted molar refractivity (Wildman–Crippen MR) is 89.8 cm³/mol. The molecular formula is C19H20FNO2. The van der Waals surface area contributed by atoms with Gasteiger partial charge in [0.05, 0.1) is 12.4 Å².